The predicted molar refractivity (Wildman–Crippen MR) is 73.3 cm³/mol. The molecule has 4 nitrogen and oxygen atoms in total. The molecule has 1 aliphatic heterocycles. The van der Waals surface area contributed by atoms with Crippen LogP contribution < -0.4 is 15.0 Å². The van der Waals surface area contributed by atoms with Gasteiger partial charge in [-0.2, -0.15) is 0 Å². The number of carbonyl (C=O) groups excluding carboxylic acids is 1. The highest BCUT2D eigenvalue weighted by Gasteiger charge is 2.27. The molecular formula is C14H20N2O2. The van der Waals surface area contributed by atoms with Gasteiger partial charge in [0.25, 0.3) is 0 Å². The van der Waals surface area contributed by atoms with Crippen LogP contribution in [0.5, 0.6) is 5.75 Å². The van der Waals surface area contributed by atoms with Crippen LogP contribution in [0.15, 0.2) is 18.2 Å². The molecule has 1 aliphatic rings. The molecule has 1 amide bonds. The Morgan fingerprint density at radius 1 is 1.33 bits per heavy atom. The second-order valence-corrected chi connectivity index (χ2v) is 5.50. The summed E-state index contributed by atoms with van der Waals surface area (Å²) in [6.45, 7) is 7.15. The van der Waals surface area contributed by atoms with E-state index in [2.05, 4.69) is 31.0 Å². The lowest BCUT2D eigenvalue weighted by Gasteiger charge is -2.37. The minimum Gasteiger partial charge on any atom is -0.497 e. The number of anilines is 2. The summed E-state index contributed by atoms with van der Waals surface area (Å²) in [6, 6.07) is 5.74. The van der Waals surface area contributed by atoms with E-state index in [-0.39, 0.29) is 11.4 Å². The number of nitrogens with zero attached hydrogens (tertiary/aromatic N) is 1. The summed E-state index contributed by atoms with van der Waals surface area (Å²) >= 11 is 0. The van der Waals surface area contributed by atoms with Crippen LogP contribution in [0.4, 0.5) is 11.4 Å². The smallest absolute Gasteiger partial charge is 0.226 e. The Bertz CT molecular complexity index is 463. The first-order valence-corrected chi connectivity index (χ1v) is 6.17. The summed E-state index contributed by atoms with van der Waals surface area (Å²) in [5.41, 5.74) is 1.84. The molecular weight excluding hydrogens is 228 g/mol. The zero-order valence-corrected chi connectivity index (χ0v) is 11.4. The molecule has 1 N–H and O–H groups in total. The fourth-order valence-electron chi connectivity index (χ4n) is 2.21. The van der Waals surface area contributed by atoms with E-state index in [0.717, 1.165) is 23.7 Å². The summed E-state index contributed by atoms with van der Waals surface area (Å²) in [6.07, 6.45) is 0.508. The van der Waals surface area contributed by atoms with Gasteiger partial charge in [-0.15, -0.1) is 0 Å². The Kier molecular flexibility index (Phi) is 3.20. The number of carbonyl (C=O) groups is 1. The number of ether oxygens (including phenoxy) is 1. The molecule has 0 radical (unpaired) electrons. The molecule has 18 heavy (non-hydrogen) atoms. The second-order valence-electron chi connectivity index (χ2n) is 5.50. The van der Waals surface area contributed by atoms with Crippen molar-refractivity contribution < 1.29 is 9.53 Å². The summed E-state index contributed by atoms with van der Waals surface area (Å²) < 4.78 is 5.27. The highest BCUT2D eigenvalue weighted by Crippen LogP contribution is 2.36. The van der Waals surface area contributed by atoms with Gasteiger partial charge in [0.05, 0.1) is 18.5 Å². The van der Waals surface area contributed by atoms with Crippen LogP contribution in [0, 0.1) is 0 Å². The van der Waals surface area contributed by atoms with Crippen molar-refractivity contribution in [2.45, 2.75) is 32.7 Å². The minimum absolute atomic E-state index is 0.0343. The van der Waals surface area contributed by atoms with Crippen LogP contribution in [-0.2, 0) is 4.79 Å². The van der Waals surface area contributed by atoms with Crippen LogP contribution in [0.3, 0.4) is 0 Å². The van der Waals surface area contributed by atoms with Gasteiger partial charge in [-0.05, 0) is 32.9 Å². The molecule has 1 aromatic rings. The van der Waals surface area contributed by atoms with Crippen molar-refractivity contribution in [3.63, 3.8) is 0 Å². The average Bonchev–Trinajstić information content (AvgIpc) is 2.45. The molecule has 0 saturated heterocycles. The van der Waals surface area contributed by atoms with Crippen LogP contribution in [-0.4, -0.2) is 25.1 Å². The van der Waals surface area contributed by atoms with Crippen LogP contribution in [0.25, 0.3) is 0 Å². The standard InChI is InChI=1S/C14H20N2O2/c1-14(2,3)16-8-7-13(17)15-11-6-5-10(18-4)9-12(11)16/h5-6,9H,7-8H2,1-4H3,(H,15,17). The number of benzene rings is 1. The average molecular weight is 248 g/mol. The zero-order chi connectivity index (χ0) is 13.3. The Morgan fingerprint density at radius 3 is 2.67 bits per heavy atom. The number of amides is 1. The third kappa shape index (κ3) is 2.42. The summed E-state index contributed by atoms with van der Waals surface area (Å²) in [5.74, 6) is 0.868. The first kappa shape index (κ1) is 12.7. The molecule has 2 rings (SSSR count). The van der Waals surface area contributed by atoms with Crippen molar-refractivity contribution in [3.05, 3.63) is 18.2 Å². The number of fused-ring (bicyclic) bond motifs is 1. The number of rotatable bonds is 1. The Labute approximate surface area is 108 Å². The third-order valence-corrected chi connectivity index (χ3v) is 3.14. The van der Waals surface area contributed by atoms with Gasteiger partial charge in [0.2, 0.25) is 5.91 Å². The molecule has 0 saturated carbocycles. The summed E-state index contributed by atoms with van der Waals surface area (Å²) in [7, 11) is 1.65. The maximum absolute atomic E-state index is 11.7. The van der Waals surface area contributed by atoms with E-state index in [9.17, 15) is 4.79 Å². The normalized spacial score (nSPS) is 15.8. The van der Waals surface area contributed by atoms with Gasteiger partial charge in [-0.1, -0.05) is 0 Å². The van der Waals surface area contributed by atoms with Crippen LogP contribution in [0.1, 0.15) is 27.2 Å². The predicted octanol–water partition coefficient (Wildman–Crippen LogP) is 2.64. The third-order valence-electron chi connectivity index (χ3n) is 3.14. The minimum atomic E-state index is -0.0343. The van der Waals surface area contributed by atoms with Crippen molar-refractivity contribution in [1.82, 2.24) is 0 Å². The molecule has 4 heteroatoms. The Hall–Kier alpha value is -1.71. The molecule has 0 unspecified atom stereocenters. The molecule has 1 aromatic carbocycles. The van der Waals surface area contributed by atoms with E-state index in [1.807, 2.05) is 18.2 Å². The Balaban J connectivity index is 2.51. The van der Waals surface area contributed by atoms with Gasteiger partial charge >= 0.3 is 0 Å². The number of methoxy groups -OCH3 is 1. The SMILES string of the molecule is COc1ccc2c(c1)N(C(C)(C)C)CCC(=O)N2. The van der Waals surface area contributed by atoms with Gasteiger partial charge in [0.15, 0.2) is 0 Å². The van der Waals surface area contributed by atoms with Crippen molar-refractivity contribution in [2.75, 3.05) is 23.9 Å². The van der Waals surface area contributed by atoms with E-state index in [1.54, 1.807) is 7.11 Å². The topological polar surface area (TPSA) is 41.6 Å². The molecule has 0 fully saturated rings. The number of hydrogen-bond donors (Lipinski definition) is 1. The fraction of sp³-hybridized carbons (Fsp3) is 0.500. The quantitative estimate of drug-likeness (QED) is 0.830. The monoisotopic (exact) mass is 248 g/mol. The van der Waals surface area contributed by atoms with E-state index in [0.29, 0.717) is 6.42 Å². The first-order valence-electron chi connectivity index (χ1n) is 6.17. The van der Waals surface area contributed by atoms with Gasteiger partial charge in [-0.25, -0.2) is 0 Å². The lowest BCUT2D eigenvalue weighted by Crippen LogP contribution is -2.42. The summed E-state index contributed by atoms with van der Waals surface area (Å²) in [4.78, 5) is 13.9. The van der Waals surface area contributed by atoms with Crippen molar-refractivity contribution in [1.29, 1.82) is 0 Å². The summed E-state index contributed by atoms with van der Waals surface area (Å²) in [5, 5.41) is 2.94. The molecule has 0 aromatic heterocycles. The van der Waals surface area contributed by atoms with Gasteiger partial charge in [0, 0.05) is 24.6 Å². The molecule has 1 heterocycles. The lowest BCUT2D eigenvalue weighted by molar-refractivity contribution is -0.116. The zero-order valence-electron chi connectivity index (χ0n) is 11.4. The largest absolute Gasteiger partial charge is 0.497 e. The number of hydrogen-bond acceptors (Lipinski definition) is 3. The maximum Gasteiger partial charge on any atom is 0.226 e. The highest BCUT2D eigenvalue weighted by molar-refractivity contribution is 5.96. The molecule has 0 aliphatic carbocycles. The van der Waals surface area contributed by atoms with E-state index in [1.165, 1.54) is 0 Å². The van der Waals surface area contributed by atoms with Crippen molar-refractivity contribution in [2.24, 2.45) is 0 Å². The molecule has 0 spiro atoms. The van der Waals surface area contributed by atoms with E-state index < -0.39 is 0 Å². The maximum atomic E-state index is 11.7. The van der Waals surface area contributed by atoms with E-state index >= 15 is 0 Å². The number of nitrogens with one attached hydrogen (secondary N) is 1. The van der Waals surface area contributed by atoms with Crippen molar-refractivity contribution >= 4 is 17.3 Å². The van der Waals surface area contributed by atoms with Crippen LogP contribution >= 0.6 is 0 Å². The van der Waals surface area contributed by atoms with Gasteiger partial charge in [-0.3, -0.25) is 4.79 Å². The molecule has 98 valence electrons. The highest BCUT2D eigenvalue weighted by atomic mass is 16.5. The van der Waals surface area contributed by atoms with Crippen molar-refractivity contribution in [3.8, 4) is 5.75 Å². The lowest BCUT2D eigenvalue weighted by atomic mass is 10.0. The van der Waals surface area contributed by atoms with Gasteiger partial charge in [0.1, 0.15) is 5.75 Å². The van der Waals surface area contributed by atoms with E-state index in [4.69, 9.17) is 4.74 Å². The second kappa shape index (κ2) is 4.52. The fourth-order valence-corrected chi connectivity index (χ4v) is 2.21. The molecule has 0 atom stereocenters. The van der Waals surface area contributed by atoms with Gasteiger partial charge < -0.3 is 15.0 Å². The Morgan fingerprint density at radius 2 is 2.06 bits per heavy atom. The van der Waals surface area contributed by atoms with Crippen LogP contribution in [0.2, 0.25) is 0 Å². The first-order chi connectivity index (χ1) is 8.41. The molecule has 0 bridgehead atoms.